The predicted molar refractivity (Wildman–Crippen MR) is 67.2 cm³/mol. The molecule has 0 aliphatic heterocycles. The zero-order valence-electron chi connectivity index (χ0n) is 11.3. The zero-order valence-corrected chi connectivity index (χ0v) is 11.3. The number of carbonyl (C=O) groups excluding carboxylic acids is 1. The van der Waals surface area contributed by atoms with Crippen molar-refractivity contribution in [1.82, 2.24) is 5.32 Å². The third kappa shape index (κ3) is 4.28. The molecule has 0 spiro atoms. The number of amides is 1. The zero-order chi connectivity index (χ0) is 15.4. The first-order chi connectivity index (χ1) is 9.22. The lowest BCUT2D eigenvalue weighted by Gasteiger charge is -2.39. The summed E-state index contributed by atoms with van der Waals surface area (Å²) < 4.78 is 36.6. The lowest BCUT2D eigenvalue weighted by atomic mass is 9.75. The largest absolute Gasteiger partial charge is 0.409 e. The molecule has 4 N–H and O–H groups in total. The molecule has 0 aromatic heterocycles. The first-order valence-electron chi connectivity index (χ1n) is 6.58. The van der Waals surface area contributed by atoms with E-state index in [2.05, 4.69) is 10.5 Å². The molecular formula is C12H20F3N3O2. The number of amidine groups is 1. The van der Waals surface area contributed by atoms with Crippen LogP contribution in [-0.2, 0) is 4.79 Å². The normalized spacial score (nSPS) is 28.2. The Hall–Kier alpha value is -1.47. The van der Waals surface area contributed by atoms with Gasteiger partial charge >= 0.3 is 6.18 Å². The van der Waals surface area contributed by atoms with Gasteiger partial charge in [-0.25, -0.2) is 0 Å². The Bertz CT molecular complexity index is 375. The van der Waals surface area contributed by atoms with E-state index in [0.29, 0.717) is 18.8 Å². The van der Waals surface area contributed by atoms with E-state index >= 15 is 0 Å². The fraction of sp³-hybridized carbons (Fsp3) is 0.833. The molecule has 1 rings (SSSR count). The number of oxime groups is 1. The van der Waals surface area contributed by atoms with Gasteiger partial charge in [-0.3, -0.25) is 4.79 Å². The minimum absolute atomic E-state index is 0.234. The molecule has 1 fully saturated rings. The van der Waals surface area contributed by atoms with Gasteiger partial charge in [0.15, 0.2) is 5.84 Å². The summed E-state index contributed by atoms with van der Waals surface area (Å²) in [5, 5.41) is 14.0. The van der Waals surface area contributed by atoms with Crippen LogP contribution >= 0.6 is 0 Å². The summed E-state index contributed by atoms with van der Waals surface area (Å²) in [4.78, 5) is 11.5. The van der Waals surface area contributed by atoms with Crippen molar-refractivity contribution < 1.29 is 23.2 Å². The highest BCUT2D eigenvalue weighted by Crippen LogP contribution is 2.34. The van der Waals surface area contributed by atoms with Crippen molar-refractivity contribution in [3.8, 4) is 0 Å². The standard InChI is InChI=1S/C12H20F3N3O2/c1-2-8-3-5-11(6-4-8,10(16)18-20)17-9(19)7-12(13,14)15/h8,20H,2-7H2,1H3,(H2,16,18)(H,17,19). The third-order valence-corrected chi connectivity index (χ3v) is 3.87. The smallest absolute Gasteiger partial charge is 0.397 e. The maximum atomic E-state index is 12.2. The molecule has 1 aliphatic carbocycles. The van der Waals surface area contributed by atoms with E-state index in [1.54, 1.807) is 0 Å². The van der Waals surface area contributed by atoms with Gasteiger partial charge in [-0.15, -0.1) is 0 Å². The Morgan fingerprint density at radius 1 is 1.45 bits per heavy atom. The molecule has 1 aliphatic rings. The van der Waals surface area contributed by atoms with Gasteiger partial charge in [-0.05, 0) is 31.6 Å². The van der Waals surface area contributed by atoms with Crippen LogP contribution in [0.2, 0.25) is 0 Å². The van der Waals surface area contributed by atoms with E-state index in [1.165, 1.54) is 0 Å². The number of nitrogens with two attached hydrogens (primary N) is 1. The monoisotopic (exact) mass is 295 g/mol. The molecule has 116 valence electrons. The number of nitrogens with one attached hydrogen (secondary N) is 1. The highest BCUT2D eigenvalue weighted by atomic mass is 19.4. The van der Waals surface area contributed by atoms with Gasteiger partial charge in [0.1, 0.15) is 12.0 Å². The van der Waals surface area contributed by atoms with Crippen LogP contribution in [0.1, 0.15) is 45.4 Å². The molecule has 1 saturated carbocycles. The van der Waals surface area contributed by atoms with Gasteiger partial charge in [-0.2, -0.15) is 13.2 Å². The Morgan fingerprint density at radius 2 is 2.00 bits per heavy atom. The molecule has 5 nitrogen and oxygen atoms in total. The fourth-order valence-corrected chi connectivity index (χ4v) is 2.61. The van der Waals surface area contributed by atoms with Crippen molar-refractivity contribution in [3.63, 3.8) is 0 Å². The van der Waals surface area contributed by atoms with Gasteiger partial charge in [0.2, 0.25) is 5.91 Å². The number of hydrogen-bond acceptors (Lipinski definition) is 3. The van der Waals surface area contributed by atoms with Crippen LogP contribution in [0.3, 0.4) is 0 Å². The summed E-state index contributed by atoms with van der Waals surface area (Å²) in [6.07, 6.45) is -2.97. The van der Waals surface area contributed by atoms with Gasteiger partial charge in [0, 0.05) is 0 Å². The second kappa shape index (κ2) is 6.32. The van der Waals surface area contributed by atoms with E-state index in [4.69, 9.17) is 10.9 Å². The van der Waals surface area contributed by atoms with Crippen molar-refractivity contribution in [2.75, 3.05) is 0 Å². The van der Waals surface area contributed by atoms with Crippen LogP contribution in [0.25, 0.3) is 0 Å². The maximum Gasteiger partial charge on any atom is 0.397 e. The Balaban J connectivity index is 2.79. The molecule has 8 heteroatoms. The van der Waals surface area contributed by atoms with Crippen molar-refractivity contribution in [1.29, 1.82) is 0 Å². The number of hydrogen-bond donors (Lipinski definition) is 3. The molecule has 20 heavy (non-hydrogen) atoms. The summed E-state index contributed by atoms with van der Waals surface area (Å²) in [7, 11) is 0. The fourth-order valence-electron chi connectivity index (χ4n) is 2.61. The number of carbonyl (C=O) groups is 1. The maximum absolute atomic E-state index is 12.2. The molecule has 1 amide bonds. The van der Waals surface area contributed by atoms with E-state index < -0.39 is 24.0 Å². The van der Waals surface area contributed by atoms with Gasteiger partial charge in [-0.1, -0.05) is 18.5 Å². The SMILES string of the molecule is CCC1CCC(NC(=O)CC(F)(F)F)(/C(N)=N/O)CC1. The van der Waals surface area contributed by atoms with Crippen molar-refractivity contribution in [2.24, 2.45) is 16.8 Å². The Morgan fingerprint density at radius 3 is 2.40 bits per heavy atom. The summed E-state index contributed by atoms with van der Waals surface area (Å²) in [5.74, 6) is -0.934. The first kappa shape index (κ1) is 16.6. The first-order valence-corrected chi connectivity index (χ1v) is 6.58. The number of halogens is 3. The second-order valence-corrected chi connectivity index (χ2v) is 5.26. The molecule has 0 aromatic carbocycles. The molecule has 0 bridgehead atoms. The van der Waals surface area contributed by atoms with Crippen molar-refractivity contribution in [2.45, 2.75) is 57.2 Å². The predicted octanol–water partition coefficient (Wildman–Crippen LogP) is 2.14. The Labute approximate surface area is 115 Å². The molecular weight excluding hydrogens is 275 g/mol. The summed E-state index contributed by atoms with van der Waals surface area (Å²) in [6, 6.07) is 0. The molecule has 0 heterocycles. The third-order valence-electron chi connectivity index (χ3n) is 3.87. The lowest BCUT2D eigenvalue weighted by Crippen LogP contribution is -2.59. The highest BCUT2D eigenvalue weighted by molar-refractivity contribution is 5.94. The topological polar surface area (TPSA) is 87.7 Å². The molecule has 0 saturated heterocycles. The number of nitrogens with zero attached hydrogens (tertiary/aromatic N) is 1. The average molecular weight is 295 g/mol. The number of rotatable bonds is 4. The van der Waals surface area contributed by atoms with Crippen molar-refractivity contribution >= 4 is 11.7 Å². The van der Waals surface area contributed by atoms with Gasteiger partial charge in [0.25, 0.3) is 0 Å². The summed E-state index contributed by atoms with van der Waals surface area (Å²) in [5.41, 5.74) is 4.42. The lowest BCUT2D eigenvalue weighted by molar-refractivity contribution is -0.154. The van der Waals surface area contributed by atoms with E-state index in [9.17, 15) is 18.0 Å². The number of alkyl halides is 3. The van der Waals surface area contributed by atoms with Crippen LogP contribution in [0.5, 0.6) is 0 Å². The minimum atomic E-state index is -4.57. The van der Waals surface area contributed by atoms with E-state index in [1.807, 2.05) is 6.92 Å². The Kier molecular flexibility index (Phi) is 5.24. The molecule has 0 unspecified atom stereocenters. The van der Waals surface area contributed by atoms with Crippen molar-refractivity contribution in [3.05, 3.63) is 0 Å². The van der Waals surface area contributed by atoms with Gasteiger partial charge in [0.05, 0.1) is 0 Å². The van der Waals surface area contributed by atoms with Gasteiger partial charge < -0.3 is 16.3 Å². The average Bonchev–Trinajstić information content (AvgIpc) is 2.36. The van der Waals surface area contributed by atoms with Crippen LogP contribution < -0.4 is 11.1 Å². The van der Waals surface area contributed by atoms with Crippen LogP contribution in [-0.4, -0.2) is 28.7 Å². The molecule has 0 radical (unpaired) electrons. The summed E-state index contributed by atoms with van der Waals surface area (Å²) in [6.45, 7) is 2.03. The van der Waals surface area contributed by atoms with E-state index in [-0.39, 0.29) is 5.84 Å². The molecule has 0 aromatic rings. The van der Waals surface area contributed by atoms with Crippen LogP contribution in [0, 0.1) is 5.92 Å². The van der Waals surface area contributed by atoms with E-state index in [0.717, 1.165) is 19.3 Å². The molecule has 0 atom stereocenters. The van der Waals surface area contributed by atoms with Crippen LogP contribution in [0.15, 0.2) is 5.16 Å². The quantitative estimate of drug-likeness (QED) is 0.321. The highest BCUT2D eigenvalue weighted by Gasteiger charge is 2.42. The van der Waals surface area contributed by atoms with Crippen LogP contribution in [0.4, 0.5) is 13.2 Å². The second-order valence-electron chi connectivity index (χ2n) is 5.26. The minimum Gasteiger partial charge on any atom is -0.409 e. The summed E-state index contributed by atoms with van der Waals surface area (Å²) >= 11 is 0.